The summed E-state index contributed by atoms with van der Waals surface area (Å²) >= 11 is 0. The average molecular weight is 293 g/mol. The third kappa shape index (κ3) is 7.45. The zero-order valence-electron chi connectivity index (χ0n) is 10.6. The summed E-state index contributed by atoms with van der Waals surface area (Å²) in [6.07, 6.45) is 0. The molecule has 0 unspecified atom stereocenters. The van der Waals surface area contributed by atoms with E-state index in [1.807, 2.05) is 60.7 Å². The Morgan fingerprint density at radius 1 is 1.00 bits per heavy atom. The second-order valence-electron chi connectivity index (χ2n) is 3.65. The molecular formula is C13H16N3O3P. The lowest BCUT2D eigenvalue weighted by molar-refractivity contribution is -0.354. The van der Waals surface area contributed by atoms with E-state index in [4.69, 9.17) is 20.4 Å². The van der Waals surface area contributed by atoms with E-state index in [1.165, 1.54) is 0 Å². The molecule has 106 valence electrons. The quantitative estimate of drug-likeness (QED) is 0.288. The molecule has 6 N–H and O–H groups in total. The van der Waals surface area contributed by atoms with E-state index in [2.05, 4.69) is 10.3 Å². The fourth-order valence-corrected chi connectivity index (χ4v) is 1.39. The molecule has 2 aromatic carbocycles. The summed E-state index contributed by atoms with van der Waals surface area (Å²) in [6, 6.07) is 19.6. The number of benzene rings is 2. The van der Waals surface area contributed by atoms with Crippen molar-refractivity contribution >= 4 is 25.9 Å². The first-order chi connectivity index (χ1) is 9.58. The molecule has 0 saturated carbocycles. The summed E-state index contributed by atoms with van der Waals surface area (Å²) < 4.78 is 0. The Labute approximate surface area is 118 Å². The van der Waals surface area contributed by atoms with Crippen molar-refractivity contribution in [3.05, 3.63) is 60.7 Å². The van der Waals surface area contributed by atoms with Gasteiger partial charge in [0.1, 0.15) is 0 Å². The van der Waals surface area contributed by atoms with Gasteiger partial charge in [-0.05, 0) is 24.3 Å². The van der Waals surface area contributed by atoms with Crippen LogP contribution in [0, 0.1) is 0 Å². The standard InChI is InChI=1S/C13H13N3.H2O3P/c14-13(15-11-7-3-1-4-8-11)16-12-9-5-2-6-10-12;1-4(2)3/h1-10H,(H3,14,15,16);1-2H/q;-1/p+1. The van der Waals surface area contributed by atoms with Crippen LogP contribution in [-0.2, 0) is 0 Å². The van der Waals surface area contributed by atoms with Gasteiger partial charge in [0.15, 0.2) is 0 Å². The minimum atomic E-state index is -2.87. The van der Waals surface area contributed by atoms with Crippen molar-refractivity contribution < 1.29 is 19.7 Å². The Morgan fingerprint density at radius 3 is 1.95 bits per heavy atom. The van der Waals surface area contributed by atoms with E-state index in [-0.39, 0.29) is 0 Å². The molecule has 0 spiro atoms. The van der Waals surface area contributed by atoms with Gasteiger partial charge in [0.2, 0.25) is 0 Å². The van der Waals surface area contributed by atoms with E-state index in [1.54, 1.807) is 0 Å². The summed E-state index contributed by atoms with van der Waals surface area (Å²) in [4.78, 5) is 26.0. The minimum absolute atomic E-state index is 0.511. The number of nitrogens with two attached hydrogens (primary N) is 1. The molecule has 0 fully saturated rings. The largest absolute Gasteiger partial charge is 0.786 e. The number of anilines is 1. The van der Waals surface area contributed by atoms with Crippen molar-refractivity contribution in [1.29, 1.82) is 0 Å². The van der Waals surface area contributed by atoms with Crippen LogP contribution in [0.1, 0.15) is 0 Å². The van der Waals surface area contributed by atoms with E-state index in [0.29, 0.717) is 5.96 Å². The van der Waals surface area contributed by atoms with Gasteiger partial charge in [0.05, 0.1) is 20.0 Å². The molecule has 0 radical (unpaired) electrons. The number of para-hydroxylation sites is 2. The van der Waals surface area contributed by atoms with Crippen LogP contribution in [0.15, 0.2) is 60.7 Å². The van der Waals surface area contributed by atoms with Crippen LogP contribution in [0.3, 0.4) is 0 Å². The lowest BCUT2D eigenvalue weighted by Gasteiger charge is -1.99. The van der Waals surface area contributed by atoms with Crippen molar-refractivity contribution in [1.82, 2.24) is 0 Å². The maximum absolute atomic E-state index is 8.70. The van der Waals surface area contributed by atoms with Gasteiger partial charge >= 0.3 is 5.96 Å². The molecule has 0 aliphatic rings. The molecule has 6 nitrogen and oxygen atoms in total. The van der Waals surface area contributed by atoms with Gasteiger partial charge in [-0.2, -0.15) is 0 Å². The Kier molecular flexibility index (Phi) is 7.24. The van der Waals surface area contributed by atoms with Gasteiger partial charge in [-0.3, -0.25) is 5.73 Å². The monoisotopic (exact) mass is 293 g/mol. The summed E-state index contributed by atoms with van der Waals surface area (Å²) in [6.45, 7) is 0. The Morgan fingerprint density at radius 2 is 1.45 bits per heavy atom. The van der Waals surface area contributed by atoms with Crippen LogP contribution in [0.5, 0.6) is 0 Å². The third-order valence-electron chi connectivity index (χ3n) is 2.11. The van der Waals surface area contributed by atoms with Crippen LogP contribution < -0.4 is 20.9 Å². The molecule has 0 aromatic heterocycles. The fourth-order valence-electron chi connectivity index (χ4n) is 1.39. The van der Waals surface area contributed by atoms with Gasteiger partial charge in [0, 0.05) is 0 Å². The highest BCUT2D eigenvalue weighted by Crippen LogP contribution is 2.04. The molecule has 0 saturated heterocycles. The van der Waals surface area contributed by atoms with Gasteiger partial charge in [-0.15, -0.1) is 0 Å². The Hall–Kier alpha value is -1.98. The van der Waals surface area contributed by atoms with Gasteiger partial charge in [0.25, 0.3) is 0 Å². The highest BCUT2D eigenvalue weighted by atomic mass is 31.2. The number of rotatable bonds is 2. The van der Waals surface area contributed by atoms with E-state index in [0.717, 1.165) is 11.4 Å². The molecule has 0 atom stereocenters. The van der Waals surface area contributed by atoms with E-state index >= 15 is 0 Å². The Bertz CT molecular complexity index is 518. The zero-order valence-corrected chi connectivity index (χ0v) is 11.5. The third-order valence-corrected chi connectivity index (χ3v) is 2.11. The predicted octanol–water partition coefficient (Wildman–Crippen LogP) is -0.616. The lowest BCUT2D eigenvalue weighted by Crippen LogP contribution is -2.71. The average Bonchev–Trinajstić information content (AvgIpc) is 2.40. The lowest BCUT2D eigenvalue weighted by atomic mass is 10.3. The van der Waals surface area contributed by atoms with Gasteiger partial charge in [-0.25, -0.2) is 10.3 Å². The van der Waals surface area contributed by atoms with Crippen molar-refractivity contribution in [3.8, 4) is 0 Å². The second kappa shape index (κ2) is 9.01. The molecule has 20 heavy (non-hydrogen) atoms. The first kappa shape index (κ1) is 16.1. The van der Waals surface area contributed by atoms with Crippen LogP contribution >= 0.6 is 8.60 Å². The smallest absolute Gasteiger partial charge is 0.350 e. The second-order valence-corrected chi connectivity index (χ2v) is 4.15. The molecule has 7 heteroatoms. The molecule has 2 rings (SSSR count). The molecule has 0 amide bonds. The van der Waals surface area contributed by atoms with Crippen LogP contribution in [0.4, 0.5) is 11.4 Å². The maximum Gasteiger partial charge on any atom is 0.350 e. The van der Waals surface area contributed by atoms with Gasteiger partial charge in [-0.1, -0.05) is 36.4 Å². The maximum atomic E-state index is 8.70. The van der Waals surface area contributed by atoms with E-state index in [9.17, 15) is 0 Å². The zero-order chi connectivity index (χ0) is 14.8. The number of hydrogen-bond donors (Lipinski definition) is 5. The summed E-state index contributed by atoms with van der Waals surface area (Å²) in [5.74, 6) is 0.511. The number of guanidine groups is 1. The van der Waals surface area contributed by atoms with Crippen molar-refractivity contribution in [2.24, 2.45) is 5.73 Å². The van der Waals surface area contributed by atoms with E-state index < -0.39 is 8.60 Å². The molecule has 0 aliphatic heterocycles. The summed E-state index contributed by atoms with van der Waals surface area (Å²) in [5, 5.41) is 3.07. The van der Waals surface area contributed by atoms with Crippen molar-refractivity contribution in [3.63, 3.8) is 0 Å². The minimum Gasteiger partial charge on any atom is -0.786 e. The topological polar surface area (TPSA) is 116 Å². The molecule has 0 aliphatic carbocycles. The van der Waals surface area contributed by atoms with Crippen LogP contribution in [-0.4, -0.2) is 15.7 Å². The van der Waals surface area contributed by atoms with Crippen molar-refractivity contribution in [2.75, 3.05) is 5.32 Å². The molecular weight excluding hydrogens is 277 g/mol. The first-order valence-corrected chi connectivity index (χ1v) is 6.86. The fraction of sp³-hybridized carbons (Fsp3) is 0. The van der Waals surface area contributed by atoms with Crippen molar-refractivity contribution in [2.45, 2.75) is 0 Å². The predicted molar refractivity (Wildman–Crippen MR) is 77.7 cm³/mol. The summed E-state index contributed by atoms with van der Waals surface area (Å²) in [5.41, 5.74) is 7.76. The normalized spacial score (nSPS) is 10.7. The molecule has 0 bridgehead atoms. The van der Waals surface area contributed by atoms with Crippen LogP contribution in [0.2, 0.25) is 0 Å². The summed E-state index contributed by atoms with van der Waals surface area (Å²) in [7, 11) is -2.87. The Balaban J connectivity index is 0.000000444. The highest BCUT2D eigenvalue weighted by molar-refractivity contribution is 7.36. The number of hydrogen-bond acceptors (Lipinski definition) is 3. The SMILES string of the molecule is NC(Nc1ccccc1)=[NH+]c1ccccc1.[O-]P(O)O. The first-order valence-electron chi connectivity index (χ1n) is 5.69. The molecule has 0 heterocycles. The highest BCUT2D eigenvalue weighted by Gasteiger charge is 2.00. The number of nitrogens with one attached hydrogen (secondary N) is 2. The van der Waals surface area contributed by atoms with Crippen LogP contribution in [0.25, 0.3) is 0 Å². The molecule has 2 aromatic rings. The van der Waals surface area contributed by atoms with Gasteiger partial charge < -0.3 is 14.7 Å².